The molecule has 2 saturated carbocycles. The molecule has 0 saturated heterocycles. The van der Waals surface area contributed by atoms with Gasteiger partial charge in [0, 0.05) is 6.04 Å². The van der Waals surface area contributed by atoms with Crippen LogP contribution in [0.4, 0.5) is 0 Å². The van der Waals surface area contributed by atoms with Gasteiger partial charge in [0.2, 0.25) is 5.91 Å². The van der Waals surface area contributed by atoms with Gasteiger partial charge < -0.3 is 10.4 Å². The van der Waals surface area contributed by atoms with Gasteiger partial charge in [-0.3, -0.25) is 9.59 Å². The molecule has 0 bridgehead atoms. The van der Waals surface area contributed by atoms with Crippen LogP contribution in [0.5, 0.6) is 0 Å². The van der Waals surface area contributed by atoms with E-state index in [2.05, 4.69) is 24.4 Å². The van der Waals surface area contributed by atoms with Crippen LogP contribution in [0.3, 0.4) is 0 Å². The first-order chi connectivity index (χ1) is 11.0. The lowest BCUT2D eigenvalue weighted by molar-refractivity contribution is -0.142. The highest BCUT2D eigenvalue weighted by atomic mass is 16.4. The molecule has 0 atom stereocenters. The molecule has 2 N–H and O–H groups in total. The number of carboxylic acids is 1. The standard InChI is InChI=1S/C19H25NO3/c1-13-5-2-3-6-16(13)19(11-4-12-19)18(23)20-15-9-7-14(8-10-15)17(21)22/h2-3,5-6,14-15H,4,7-12H2,1H3,(H,20,23)(H,21,22). The number of aliphatic carboxylic acids is 1. The summed E-state index contributed by atoms with van der Waals surface area (Å²) in [4.78, 5) is 24.0. The molecule has 0 aliphatic heterocycles. The average Bonchev–Trinajstić information content (AvgIpc) is 2.48. The van der Waals surface area contributed by atoms with Crippen molar-refractivity contribution in [1.82, 2.24) is 5.32 Å². The highest BCUT2D eigenvalue weighted by Crippen LogP contribution is 2.45. The predicted octanol–water partition coefficient (Wildman–Crippen LogP) is 3.18. The molecule has 2 aliphatic carbocycles. The van der Waals surface area contributed by atoms with E-state index in [1.807, 2.05) is 12.1 Å². The number of aryl methyl sites for hydroxylation is 1. The number of benzene rings is 1. The molecule has 4 heteroatoms. The van der Waals surface area contributed by atoms with Crippen molar-refractivity contribution in [3.05, 3.63) is 35.4 Å². The monoisotopic (exact) mass is 315 g/mol. The summed E-state index contributed by atoms with van der Waals surface area (Å²) >= 11 is 0. The lowest BCUT2D eigenvalue weighted by Gasteiger charge is -2.43. The van der Waals surface area contributed by atoms with E-state index >= 15 is 0 Å². The van der Waals surface area contributed by atoms with Crippen molar-refractivity contribution < 1.29 is 14.7 Å². The average molecular weight is 315 g/mol. The lowest BCUT2D eigenvalue weighted by Crippen LogP contribution is -2.53. The third-order valence-electron chi connectivity index (χ3n) is 5.71. The maximum Gasteiger partial charge on any atom is 0.306 e. The Balaban J connectivity index is 1.68. The second-order valence-electron chi connectivity index (χ2n) is 7.11. The molecule has 2 fully saturated rings. The molecule has 1 amide bonds. The minimum Gasteiger partial charge on any atom is -0.481 e. The van der Waals surface area contributed by atoms with Crippen LogP contribution < -0.4 is 5.32 Å². The topological polar surface area (TPSA) is 66.4 Å². The Labute approximate surface area is 137 Å². The van der Waals surface area contributed by atoms with Crippen molar-refractivity contribution >= 4 is 11.9 Å². The summed E-state index contributed by atoms with van der Waals surface area (Å²) in [5.74, 6) is -0.806. The van der Waals surface area contributed by atoms with E-state index in [9.17, 15) is 9.59 Å². The Kier molecular flexibility index (Phi) is 4.42. The molecular formula is C19H25NO3. The van der Waals surface area contributed by atoms with E-state index in [-0.39, 0.29) is 23.3 Å². The first-order valence-electron chi connectivity index (χ1n) is 8.63. The maximum absolute atomic E-state index is 13.0. The molecule has 2 aliphatic rings. The van der Waals surface area contributed by atoms with Crippen LogP contribution in [-0.4, -0.2) is 23.0 Å². The summed E-state index contributed by atoms with van der Waals surface area (Å²) in [7, 11) is 0. The number of nitrogens with one attached hydrogen (secondary N) is 1. The van der Waals surface area contributed by atoms with Gasteiger partial charge >= 0.3 is 5.97 Å². The van der Waals surface area contributed by atoms with Gasteiger partial charge in [0.25, 0.3) is 0 Å². The highest BCUT2D eigenvalue weighted by molar-refractivity contribution is 5.90. The first-order valence-corrected chi connectivity index (χ1v) is 8.63. The third-order valence-corrected chi connectivity index (χ3v) is 5.71. The summed E-state index contributed by atoms with van der Waals surface area (Å²) in [5.41, 5.74) is 1.97. The van der Waals surface area contributed by atoms with Gasteiger partial charge in [-0.05, 0) is 56.6 Å². The first kappa shape index (κ1) is 16.0. The molecule has 1 aromatic carbocycles. The Bertz CT molecular complexity index is 598. The fourth-order valence-electron chi connectivity index (χ4n) is 4.07. The molecule has 3 rings (SSSR count). The molecule has 1 aromatic rings. The molecule has 4 nitrogen and oxygen atoms in total. The van der Waals surface area contributed by atoms with Gasteiger partial charge in [-0.1, -0.05) is 30.7 Å². The second-order valence-corrected chi connectivity index (χ2v) is 7.11. The van der Waals surface area contributed by atoms with Crippen molar-refractivity contribution in [1.29, 1.82) is 0 Å². The van der Waals surface area contributed by atoms with Gasteiger partial charge in [0.15, 0.2) is 0 Å². The zero-order valence-electron chi connectivity index (χ0n) is 13.7. The quantitative estimate of drug-likeness (QED) is 0.897. The van der Waals surface area contributed by atoms with Crippen LogP contribution >= 0.6 is 0 Å². The van der Waals surface area contributed by atoms with Gasteiger partial charge in [0.1, 0.15) is 0 Å². The summed E-state index contributed by atoms with van der Waals surface area (Å²) in [6, 6.07) is 8.29. The van der Waals surface area contributed by atoms with Gasteiger partial charge in [-0.15, -0.1) is 0 Å². The second kappa shape index (κ2) is 6.34. The zero-order valence-corrected chi connectivity index (χ0v) is 13.7. The Morgan fingerprint density at radius 2 is 1.78 bits per heavy atom. The fraction of sp³-hybridized carbons (Fsp3) is 0.579. The minimum absolute atomic E-state index is 0.125. The van der Waals surface area contributed by atoms with E-state index in [1.54, 1.807) is 0 Å². The Morgan fingerprint density at radius 1 is 1.13 bits per heavy atom. The van der Waals surface area contributed by atoms with Gasteiger partial charge in [0.05, 0.1) is 11.3 Å². The van der Waals surface area contributed by atoms with E-state index < -0.39 is 5.97 Å². The number of amides is 1. The SMILES string of the molecule is Cc1ccccc1C1(C(=O)NC2CCC(C(=O)O)CC2)CCC1. The maximum atomic E-state index is 13.0. The largest absolute Gasteiger partial charge is 0.481 e. The van der Waals surface area contributed by atoms with Crippen molar-refractivity contribution in [3.8, 4) is 0 Å². The number of carbonyl (C=O) groups is 2. The number of carbonyl (C=O) groups excluding carboxylic acids is 1. The number of hydrogen-bond acceptors (Lipinski definition) is 2. The predicted molar refractivity (Wildman–Crippen MR) is 88.2 cm³/mol. The zero-order chi connectivity index (χ0) is 16.4. The molecule has 0 unspecified atom stereocenters. The number of carboxylic acid groups (broad SMARTS) is 1. The van der Waals surface area contributed by atoms with E-state index in [4.69, 9.17) is 5.11 Å². The molecule has 23 heavy (non-hydrogen) atoms. The van der Waals surface area contributed by atoms with Crippen LogP contribution in [0.1, 0.15) is 56.1 Å². The molecule has 0 radical (unpaired) electrons. The summed E-state index contributed by atoms with van der Waals surface area (Å²) in [5, 5.41) is 12.3. The molecule has 0 heterocycles. The number of hydrogen-bond donors (Lipinski definition) is 2. The van der Waals surface area contributed by atoms with Crippen LogP contribution in [0.25, 0.3) is 0 Å². The van der Waals surface area contributed by atoms with Crippen LogP contribution in [0, 0.1) is 12.8 Å². The summed E-state index contributed by atoms with van der Waals surface area (Å²) < 4.78 is 0. The van der Waals surface area contributed by atoms with Crippen LogP contribution in [-0.2, 0) is 15.0 Å². The molecule has 124 valence electrons. The Hall–Kier alpha value is -1.84. The lowest BCUT2D eigenvalue weighted by atomic mass is 9.62. The molecule has 0 spiro atoms. The fourth-order valence-corrected chi connectivity index (χ4v) is 4.07. The van der Waals surface area contributed by atoms with Crippen molar-refractivity contribution in [2.75, 3.05) is 0 Å². The molecule has 0 aromatic heterocycles. The smallest absolute Gasteiger partial charge is 0.306 e. The van der Waals surface area contributed by atoms with Crippen LogP contribution in [0.15, 0.2) is 24.3 Å². The highest BCUT2D eigenvalue weighted by Gasteiger charge is 2.46. The van der Waals surface area contributed by atoms with Crippen molar-refractivity contribution in [3.63, 3.8) is 0 Å². The Morgan fingerprint density at radius 3 is 2.30 bits per heavy atom. The number of rotatable bonds is 4. The summed E-state index contributed by atoms with van der Waals surface area (Å²) in [6.07, 6.45) is 5.78. The van der Waals surface area contributed by atoms with E-state index in [0.29, 0.717) is 12.8 Å². The van der Waals surface area contributed by atoms with E-state index in [1.165, 1.54) is 5.56 Å². The van der Waals surface area contributed by atoms with E-state index in [0.717, 1.165) is 37.7 Å². The minimum atomic E-state index is -0.704. The van der Waals surface area contributed by atoms with Crippen LogP contribution in [0.2, 0.25) is 0 Å². The van der Waals surface area contributed by atoms with Crippen molar-refractivity contribution in [2.24, 2.45) is 5.92 Å². The van der Waals surface area contributed by atoms with Gasteiger partial charge in [-0.2, -0.15) is 0 Å². The van der Waals surface area contributed by atoms with Crippen molar-refractivity contribution in [2.45, 2.75) is 63.3 Å². The summed E-state index contributed by atoms with van der Waals surface area (Å²) in [6.45, 7) is 2.07. The van der Waals surface area contributed by atoms with Gasteiger partial charge in [-0.25, -0.2) is 0 Å². The normalized spacial score (nSPS) is 26.1. The molecular weight excluding hydrogens is 290 g/mol. The third kappa shape index (κ3) is 2.99.